The number of ether oxygens (including phenoxy) is 2. The number of aromatic nitrogens is 1. The second kappa shape index (κ2) is 10.0. The summed E-state index contributed by atoms with van der Waals surface area (Å²) in [6, 6.07) is 11.2. The average molecular weight is 369 g/mol. The first-order valence-electron chi connectivity index (χ1n) is 9.38. The predicted molar refractivity (Wildman–Crippen MR) is 104 cm³/mol. The van der Waals surface area contributed by atoms with Crippen LogP contribution in [0.2, 0.25) is 0 Å². The number of benzene rings is 1. The van der Waals surface area contributed by atoms with Crippen molar-refractivity contribution in [1.29, 1.82) is 0 Å². The zero-order valence-corrected chi connectivity index (χ0v) is 15.8. The van der Waals surface area contributed by atoms with Crippen molar-refractivity contribution in [2.24, 2.45) is 0 Å². The van der Waals surface area contributed by atoms with Crippen LogP contribution in [0.25, 0.3) is 0 Å². The number of methoxy groups -OCH3 is 1. The number of hydrogen-bond donors (Lipinski definition) is 0. The highest BCUT2D eigenvalue weighted by atomic mass is 16.5. The van der Waals surface area contributed by atoms with Crippen molar-refractivity contribution in [2.75, 3.05) is 46.5 Å². The SMILES string of the molecule is COc1ccc(C(=O)N(CCCN2CCOCC2)Cc2ccncc2)cc1. The summed E-state index contributed by atoms with van der Waals surface area (Å²) < 4.78 is 10.6. The van der Waals surface area contributed by atoms with Gasteiger partial charge in [-0.25, -0.2) is 0 Å². The highest BCUT2D eigenvalue weighted by Gasteiger charge is 2.17. The van der Waals surface area contributed by atoms with E-state index in [1.54, 1.807) is 19.5 Å². The maximum atomic E-state index is 13.1. The van der Waals surface area contributed by atoms with Crippen LogP contribution in [0.4, 0.5) is 0 Å². The summed E-state index contributed by atoms with van der Waals surface area (Å²) in [6.07, 6.45) is 4.46. The lowest BCUT2D eigenvalue weighted by atomic mass is 10.1. The molecular formula is C21H27N3O3. The lowest BCUT2D eigenvalue weighted by Gasteiger charge is -2.28. The molecule has 2 aromatic rings. The zero-order chi connectivity index (χ0) is 18.9. The van der Waals surface area contributed by atoms with Crippen LogP contribution >= 0.6 is 0 Å². The molecule has 3 rings (SSSR count). The second-order valence-electron chi connectivity index (χ2n) is 6.62. The Morgan fingerprint density at radius 3 is 2.52 bits per heavy atom. The topological polar surface area (TPSA) is 54.9 Å². The molecule has 27 heavy (non-hydrogen) atoms. The molecule has 6 heteroatoms. The molecule has 2 heterocycles. The van der Waals surface area contributed by atoms with Gasteiger partial charge in [0.05, 0.1) is 20.3 Å². The minimum Gasteiger partial charge on any atom is -0.497 e. The quantitative estimate of drug-likeness (QED) is 0.715. The third-order valence-electron chi connectivity index (χ3n) is 4.75. The minimum atomic E-state index is 0.0384. The first-order chi connectivity index (χ1) is 13.3. The summed E-state index contributed by atoms with van der Waals surface area (Å²) in [5.41, 5.74) is 1.76. The van der Waals surface area contributed by atoms with Gasteiger partial charge in [-0.1, -0.05) is 0 Å². The Balaban J connectivity index is 1.64. The first-order valence-corrected chi connectivity index (χ1v) is 9.38. The van der Waals surface area contributed by atoms with Crippen LogP contribution in [0.5, 0.6) is 5.75 Å². The van der Waals surface area contributed by atoms with E-state index in [-0.39, 0.29) is 5.91 Å². The number of pyridine rings is 1. The van der Waals surface area contributed by atoms with Gasteiger partial charge in [0.25, 0.3) is 5.91 Å². The van der Waals surface area contributed by atoms with Crippen molar-refractivity contribution < 1.29 is 14.3 Å². The van der Waals surface area contributed by atoms with E-state index in [2.05, 4.69) is 9.88 Å². The Labute approximate surface area is 160 Å². The number of nitrogens with zero attached hydrogens (tertiary/aromatic N) is 3. The van der Waals surface area contributed by atoms with Gasteiger partial charge in [-0.15, -0.1) is 0 Å². The molecule has 0 N–H and O–H groups in total. The fourth-order valence-electron chi connectivity index (χ4n) is 3.19. The molecule has 0 radical (unpaired) electrons. The zero-order valence-electron chi connectivity index (χ0n) is 15.8. The summed E-state index contributed by atoms with van der Waals surface area (Å²) in [6.45, 7) is 5.80. The first kappa shape index (κ1) is 19.3. The standard InChI is InChI=1S/C21H27N3O3/c1-26-20-5-3-19(4-6-20)21(25)24(17-18-7-9-22-10-8-18)12-2-11-23-13-15-27-16-14-23/h3-10H,2,11-17H2,1H3. The molecular weight excluding hydrogens is 342 g/mol. The smallest absolute Gasteiger partial charge is 0.254 e. The lowest BCUT2D eigenvalue weighted by Crippen LogP contribution is -2.39. The van der Waals surface area contributed by atoms with Crippen LogP contribution in [0.3, 0.4) is 0 Å². The molecule has 1 aliphatic rings. The molecule has 144 valence electrons. The third-order valence-corrected chi connectivity index (χ3v) is 4.75. The van der Waals surface area contributed by atoms with Crippen molar-refractivity contribution in [3.8, 4) is 5.75 Å². The number of hydrogen-bond acceptors (Lipinski definition) is 5. The van der Waals surface area contributed by atoms with Gasteiger partial charge in [-0.05, 0) is 48.4 Å². The van der Waals surface area contributed by atoms with Crippen molar-refractivity contribution in [2.45, 2.75) is 13.0 Å². The van der Waals surface area contributed by atoms with Gasteiger partial charge in [-0.3, -0.25) is 14.7 Å². The van der Waals surface area contributed by atoms with E-state index in [4.69, 9.17) is 9.47 Å². The molecule has 1 aromatic heterocycles. The van der Waals surface area contributed by atoms with Crippen molar-refractivity contribution in [1.82, 2.24) is 14.8 Å². The summed E-state index contributed by atoms with van der Waals surface area (Å²) in [4.78, 5) is 21.4. The van der Waals surface area contributed by atoms with E-state index in [1.807, 2.05) is 41.3 Å². The number of amides is 1. The average Bonchev–Trinajstić information content (AvgIpc) is 2.74. The molecule has 0 spiro atoms. The molecule has 6 nitrogen and oxygen atoms in total. The largest absolute Gasteiger partial charge is 0.497 e. The normalized spacial score (nSPS) is 14.7. The van der Waals surface area contributed by atoms with Gasteiger partial charge in [0, 0.05) is 50.7 Å². The summed E-state index contributed by atoms with van der Waals surface area (Å²) >= 11 is 0. The Morgan fingerprint density at radius 2 is 1.85 bits per heavy atom. The Bertz CT molecular complexity index is 700. The van der Waals surface area contributed by atoms with E-state index in [9.17, 15) is 4.79 Å². The van der Waals surface area contributed by atoms with Crippen LogP contribution < -0.4 is 4.74 Å². The summed E-state index contributed by atoms with van der Waals surface area (Å²) in [5, 5.41) is 0. The third kappa shape index (κ3) is 5.77. The highest BCUT2D eigenvalue weighted by molar-refractivity contribution is 5.94. The van der Waals surface area contributed by atoms with Crippen molar-refractivity contribution >= 4 is 5.91 Å². The molecule has 0 unspecified atom stereocenters. The number of carbonyl (C=O) groups excluding carboxylic acids is 1. The Kier molecular flexibility index (Phi) is 7.19. The van der Waals surface area contributed by atoms with Gasteiger partial charge >= 0.3 is 0 Å². The molecule has 1 amide bonds. The molecule has 0 saturated carbocycles. The predicted octanol–water partition coefficient (Wildman–Crippen LogP) is 2.45. The number of morpholine rings is 1. The van der Waals surface area contributed by atoms with Gasteiger partial charge in [0.15, 0.2) is 0 Å². The Hall–Kier alpha value is -2.44. The molecule has 1 saturated heterocycles. The fraction of sp³-hybridized carbons (Fsp3) is 0.429. The van der Waals surface area contributed by atoms with E-state index in [0.717, 1.165) is 50.6 Å². The van der Waals surface area contributed by atoms with Crippen LogP contribution in [-0.2, 0) is 11.3 Å². The van der Waals surface area contributed by atoms with E-state index in [0.29, 0.717) is 18.7 Å². The fourth-order valence-corrected chi connectivity index (χ4v) is 3.19. The van der Waals surface area contributed by atoms with Crippen molar-refractivity contribution in [3.05, 3.63) is 59.9 Å². The highest BCUT2D eigenvalue weighted by Crippen LogP contribution is 2.15. The molecule has 1 aliphatic heterocycles. The molecule has 0 bridgehead atoms. The maximum Gasteiger partial charge on any atom is 0.254 e. The maximum absolute atomic E-state index is 13.1. The minimum absolute atomic E-state index is 0.0384. The summed E-state index contributed by atoms with van der Waals surface area (Å²) in [5.74, 6) is 0.788. The van der Waals surface area contributed by atoms with Crippen LogP contribution in [0.1, 0.15) is 22.3 Å². The Morgan fingerprint density at radius 1 is 1.15 bits per heavy atom. The van der Waals surface area contributed by atoms with Crippen LogP contribution in [-0.4, -0.2) is 67.2 Å². The van der Waals surface area contributed by atoms with Crippen molar-refractivity contribution in [3.63, 3.8) is 0 Å². The van der Waals surface area contributed by atoms with Crippen LogP contribution in [0, 0.1) is 0 Å². The number of carbonyl (C=O) groups is 1. The number of rotatable bonds is 8. The van der Waals surface area contributed by atoms with E-state index >= 15 is 0 Å². The molecule has 0 aliphatic carbocycles. The van der Waals surface area contributed by atoms with E-state index in [1.165, 1.54) is 0 Å². The molecule has 0 atom stereocenters. The lowest BCUT2D eigenvalue weighted by molar-refractivity contribution is 0.0355. The van der Waals surface area contributed by atoms with Gasteiger partial charge in [0.1, 0.15) is 5.75 Å². The van der Waals surface area contributed by atoms with E-state index < -0.39 is 0 Å². The molecule has 1 aromatic carbocycles. The summed E-state index contributed by atoms with van der Waals surface area (Å²) in [7, 11) is 1.62. The van der Waals surface area contributed by atoms with Gasteiger partial charge in [0.2, 0.25) is 0 Å². The van der Waals surface area contributed by atoms with Gasteiger partial charge in [-0.2, -0.15) is 0 Å². The van der Waals surface area contributed by atoms with Crippen LogP contribution in [0.15, 0.2) is 48.8 Å². The second-order valence-corrected chi connectivity index (χ2v) is 6.62. The monoisotopic (exact) mass is 369 g/mol. The molecule has 1 fully saturated rings. The van der Waals surface area contributed by atoms with Gasteiger partial charge < -0.3 is 14.4 Å².